The van der Waals surface area contributed by atoms with Crippen LogP contribution in [0, 0.1) is 0 Å². The number of anilines is 1. The van der Waals surface area contributed by atoms with Crippen molar-refractivity contribution in [1.82, 2.24) is 9.36 Å². The van der Waals surface area contributed by atoms with Gasteiger partial charge in [-0.25, -0.2) is 17.7 Å². The summed E-state index contributed by atoms with van der Waals surface area (Å²) in [5.74, 6) is 2.07. The van der Waals surface area contributed by atoms with Crippen LogP contribution in [0.5, 0.6) is 17.2 Å². The van der Waals surface area contributed by atoms with Gasteiger partial charge in [0.2, 0.25) is 5.13 Å². The Labute approximate surface area is 185 Å². The van der Waals surface area contributed by atoms with Crippen LogP contribution < -0.4 is 18.5 Å². The second kappa shape index (κ2) is 8.72. The van der Waals surface area contributed by atoms with E-state index < -0.39 is 10.0 Å². The zero-order valence-electron chi connectivity index (χ0n) is 17.4. The topological polar surface area (TPSA) is 90.9 Å². The van der Waals surface area contributed by atoms with Crippen molar-refractivity contribution in [3.63, 3.8) is 0 Å². The Bertz CT molecular complexity index is 1170. The molecule has 0 aliphatic carbocycles. The van der Waals surface area contributed by atoms with Gasteiger partial charge in [-0.3, -0.25) is 0 Å². The molecule has 1 atom stereocenters. The van der Waals surface area contributed by atoms with E-state index in [1.807, 2.05) is 6.07 Å². The van der Waals surface area contributed by atoms with Gasteiger partial charge < -0.3 is 14.2 Å². The number of ether oxygens (including phenoxy) is 3. The highest BCUT2D eigenvalue weighted by atomic mass is 32.2. The molecular weight excluding hydrogens is 438 g/mol. The molecule has 0 amide bonds. The molecule has 1 aliphatic rings. The zero-order valence-corrected chi connectivity index (χ0v) is 19.1. The highest BCUT2D eigenvalue weighted by Crippen LogP contribution is 2.37. The van der Waals surface area contributed by atoms with Crippen LogP contribution in [0.3, 0.4) is 0 Å². The minimum Gasteiger partial charge on any atom is -0.497 e. The molecule has 0 fully saturated rings. The third-order valence-electron chi connectivity index (χ3n) is 5.28. The van der Waals surface area contributed by atoms with Crippen LogP contribution in [-0.4, -0.2) is 38.6 Å². The molecule has 10 heteroatoms. The number of aromatic nitrogens is 2. The summed E-state index contributed by atoms with van der Waals surface area (Å²) in [5, 5.41) is 0.268. The largest absolute Gasteiger partial charge is 0.497 e. The normalized spacial score (nSPS) is 15.6. The Morgan fingerprint density at radius 3 is 2.74 bits per heavy atom. The van der Waals surface area contributed by atoms with Crippen LogP contribution >= 0.6 is 11.5 Å². The summed E-state index contributed by atoms with van der Waals surface area (Å²) in [6.07, 6.45) is 2.25. The number of fused-ring (bicyclic) bond motifs is 1. The fourth-order valence-corrected chi connectivity index (χ4v) is 5.65. The Hall–Kier alpha value is -2.85. The fourth-order valence-electron chi connectivity index (χ4n) is 3.51. The van der Waals surface area contributed by atoms with Crippen LogP contribution in [0.25, 0.3) is 0 Å². The summed E-state index contributed by atoms with van der Waals surface area (Å²) in [4.78, 5) is 4.29. The Balaban J connectivity index is 1.75. The first-order valence-electron chi connectivity index (χ1n) is 9.71. The lowest BCUT2D eigenvalue weighted by Crippen LogP contribution is -2.31. The first kappa shape index (κ1) is 21.4. The predicted molar refractivity (Wildman–Crippen MR) is 118 cm³/mol. The molecule has 31 heavy (non-hydrogen) atoms. The zero-order chi connectivity index (χ0) is 22.0. The van der Waals surface area contributed by atoms with Gasteiger partial charge in [0.05, 0.1) is 32.3 Å². The Morgan fingerprint density at radius 1 is 1.19 bits per heavy atom. The van der Waals surface area contributed by atoms with Crippen molar-refractivity contribution in [3.05, 3.63) is 53.9 Å². The monoisotopic (exact) mass is 461 g/mol. The smallest absolute Gasteiger partial charge is 0.266 e. The second-order valence-electron chi connectivity index (χ2n) is 7.15. The SMILES string of the molecule is COc1ccc(CN(c2ncns2)S(=O)(=O)c2ccc3c(c2)OCC[C@H]3C)c(OC)c1. The molecule has 0 radical (unpaired) electrons. The van der Waals surface area contributed by atoms with Crippen molar-refractivity contribution in [2.45, 2.75) is 30.7 Å². The maximum absolute atomic E-state index is 13.7. The number of benzene rings is 2. The van der Waals surface area contributed by atoms with Crippen LogP contribution in [-0.2, 0) is 16.6 Å². The highest BCUT2D eigenvalue weighted by Gasteiger charge is 2.30. The average Bonchev–Trinajstić information content (AvgIpc) is 3.31. The predicted octanol–water partition coefficient (Wildman–Crippen LogP) is 3.84. The van der Waals surface area contributed by atoms with Crippen LogP contribution in [0.1, 0.15) is 30.4 Å². The van der Waals surface area contributed by atoms with E-state index in [1.54, 1.807) is 37.4 Å². The number of nitrogens with zero attached hydrogens (tertiary/aromatic N) is 3. The summed E-state index contributed by atoms with van der Waals surface area (Å²) in [6, 6.07) is 10.3. The number of methoxy groups -OCH3 is 2. The van der Waals surface area contributed by atoms with E-state index in [0.29, 0.717) is 35.3 Å². The molecule has 0 N–H and O–H groups in total. The van der Waals surface area contributed by atoms with Gasteiger partial charge in [0.15, 0.2) is 0 Å². The van der Waals surface area contributed by atoms with Crippen molar-refractivity contribution < 1.29 is 22.6 Å². The van der Waals surface area contributed by atoms with Gasteiger partial charge in [-0.2, -0.15) is 4.37 Å². The molecule has 2 aromatic carbocycles. The van der Waals surface area contributed by atoms with Gasteiger partial charge in [-0.05, 0) is 36.1 Å². The minimum atomic E-state index is -3.94. The van der Waals surface area contributed by atoms with E-state index in [2.05, 4.69) is 16.3 Å². The Morgan fingerprint density at radius 2 is 2.03 bits per heavy atom. The van der Waals surface area contributed by atoms with Gasteiger partial charge in [0.1, 0.15) is 23.6 Å². The first-order chi connectivity index (χ1) is 14.9. The summed E-state index contributed by atoms with van der Waals surface area (Å²) in [7, 11) is -0.847. The van der Waals surface area contributed by atoms with Gasteiger partial charge in [0.25, 0.3) is 10.0 Å². The quantitative estimate of drug-likeness (QED) is 0.528. The highest BCUT2D eigenvalue weighted by molar-refractivity contribution is 7.93. The number of sulfonamides is 1. The van der Waals surface area contributed by atoms with E-state index in [1.165, 1.54) is 17.7 Å². The lowest BCUT2D eigenvalue weighted by molar-refractivity contribution is 0.271. The maximum Gasteiger partial charge on any atom is 0.266 e. The molecule has 0 saturated carbocycles. The van der Waals surface area contributed by atoms with Crippen molar-refractivity contribution in [2.24, 2.45) is 0 Å². The summed E-state index contributed by atoms with van der Waals surface area (Å²) < 4.78 is 49.0. The first-order valence-corrected chi connectivity index (χ1v) is 11.9. The molecule has 0 bridgehead atoms. The summed E-state index contributed by atoms with van der Waals surface area (Å²) in [6.45, 7) is 2.71. The molecule has 4 rings (SSSR count). The summed E-state index contributed by atoms with van der Waals surface area (Å²) in [5.41, 5.74) is 1.69. The molecule has 8 nitrogen and oxygen atoms in total. The molecule has 0 saturated heterocycles. The van der Waals surface area contributed by atoms with Gasteiger partial charge >= 0.3 is 0 Å². The summed E-state index contributed by atoms with van der Waals surface area (Å²) >= 11 is 1.01. The average molecular weight is 462 g/mol. The maximum atomic E-state index is 13.7. The van der Waals surface area contributed by atoms with Crippen LogP contribution in [0.15, 0.2) is 47.6 Å². The minimum absolute atomic E-state index is 0.0268. The van der Waals surface area contributed by atoms with E-state index in [0.717, 1.165) is 23.5 Å². The molecular formula is C21H23N3O5S2. The Kier molecular flexibility index (Phi) is 6.01. The van der Waals surface area contributed by atoms with Crippen LogP contribution in [0.2, 0.25) is 0 Å². The van der Waals surface area contributed by atoms with E-state index in [-0.39, 0.29) is 16.6 Å². The third kappa shape index (κ3) is 4.17. The van der Waals surface area contributed by atoms with E-state index in [9.17, 15) is 8.42 Å². The number of hydrogen-bond acceptors (Lipinski definition) is 8. The van der Waals surface area contributed by atoms with Crippen molar-refractivity contribution in [2.75, 3.05) is 25.1 Å². The molecule has 1 aliphatic heterocycles. The van der Waals surface area contributed by atoms with Crippen molar-refractivity contribution in [1.29, 1.82) is 0 Å². The van der Waals surface area contributed by atoms with Crippen LogP contribution in [0.4, 0.5) is 5.13 Å². The van der Waals surface area contributed by atoms with Crippen molar-refractivity contribution >= 4 is 26.7 Å². The van der Waals surface area contributed by atoms with E-state index in [4.69, 9.17) is 14.2 Å². The molecule has 164 valence electrons. The number of rotatable bonds is 7. The molecule has 1 aromatic heterocycles. The third-order valence-corrected chi connectivity index (χ3v) is 7.82. The molecule has 0 spiro atoms. The lowest BCUT2D eigenvalue weighted by Gasteiger charge is -2.26. The van der Waals surface area contributed by atoms with E-state index >= 15 is 0 Å². The standard InChI is InChI=1S/C21H23N3O5S2/c1-14-8-9-29-20-11-17(6-7-18(14)20)31(25,26)24(21-22-13-23-30-21)12-15-4-5-16(27-2)10-19(15)28-3/h4-7,10-11,13-14H,8-9,12H2,1-3H3/t14-/m1/s1. The fraction of sp³-hybridized carbons (Fsp3) is 0.333. The van der Waals surface area contributed by atoms with Gasteiger partial charge in [-0.15, -0.1) is 0 Å². The van der Waals surface area contributed by atoms with Gasteiger partial charge in [-0.1, -0.05) is 13.0 Å². The number of hydrogen-bond donors (Lipinski definition) is 0. The molecule has 2 heterocycles. The second-order valence-corrected chi connectivity index (χ2v) is 9.77. The van der Waals surface area contributed by atoms with Gasteiger partial charge in [0, 0.05) is 29.2 Å². The molecule has 0 unspecified atom stereocenters. The lowest BCUT2D eigenvalue weighted by atomic mass is 9.95. The van der Waals surface area contributed by atoms with Crippen molar-refractivity contribution in [3.8, 4) is 17.2 Å². The molecule has 3 aromatic rings.